The highest BCUT2D eigenvalue weighted by Crippen LogP contribution is 2.24. The van der Waals surface area contributed by atoms with Crippen molar-refractivity contribution >= 4 is 50.6 Å². The molecule has 0 fully saturated rings. The summed E-state index contributed by atoms with van der Waals surface area (Å²) in [5, 5.41) is 16.8. The fourth-order valence-electron chi connectivity index (χ4n) is 2.56. The normalized spacial score (nSPS) is 11.7. The number of carbonyl (C=O) groups is 1. The van der Waals surface area contributed by atoms with Crippen molar-refractivity contribution in [2.75, 3.05) is 12.4 Å². The molecule has 1 atom stereocenters. The maximum atomic E-state index is 11.3. The van der Waals surface area contributed by atoms with Crippen LogP contribution >= 0.6 is 23.8 Å². The zero-order chi connectivity index (χ0) is 18.5. The number of hydrogen-bond acceptors (Lipinski definition) is 5. The number of methoxy groups -OCH3 is 1. The first-order valence-corrected chi connectivity index (χ1v) is 9.01. The molecule has 0 amide bonds. The number of carboxylic acid groups (broad SMARTS) is 1. The lowest BCUT2D eigenvalue weighted by atomic mass is 10.0. The number of fused-ring (bicyclic) bond motifs is 1. The Morgan fingerprint density at radius 2 is 2.19 bits per heavy atom. The molecule has 6 nitrogen and oxygen atoms in total. The highest BCUT2D eigenvalue weighted by molar-refractivity contribution is 7.80. The molecule has 0 aliphatic rings. The summed E-state index contributed by atoms with van der Waals surface area (Å²) in [5.74, 6) is -0.257. The van der Waals surface area contributed by atoms with Gasteiger partial charge >= 0.3 is 5.97 Å². The SMILES string of the molecule is COc1cccc([C@@H](CC(=O)O)NC(=S)Nc2ccc3sncc3c2)c1. The van der Waals surface area contributed by atoms with Crippen LogP contribution in [0.4, 0.5) is 5.69 Å². The van der Waals surface area contributed by atoms with Gasteiger partial charge in [-0.05, 0) is 59.6 Å². The van der Waals surface area contributed by atoms with Crippen LogP contribution in [0.3, 0.4) is 0 Å². The fraction of sp³-hybridized carbons (Fsp3) is 0.167. The summed E-state index contributed by atoms with van der Waals surface area (Å²) in [6.07, 6.45) is 1.69. The molecule has 8 heteroatoms. The van der Waals surface area contributed by atoms with Gasteiger partial charge in [-0.3, -0.25) is 4.79 Å². The number of carboxylic acids is 1. The summed E-state index contributed by atoms with van der Waals surface area (Å²) in [6.45, 7) is 0. The molecule has 0 bridgehead atoms. The Kier molecular flexibility index (Phi) is 5.65. The quantitative estimate of drug-likeness (QED) is 0.555. The molecule has 1 heterocycles. The van der Waals surface area contributed by atoms with Crippen molar-refractivity contribution in [3.05, 3.63) is 54.2 Å². The molecule has 0 aliphatic carbocycles. The lowest BCUT2D eigenvalue weighted by molar-refractivity contribution is -0.137. The first kappa shape index (κ1) is 18.1. The van der Waals surface area contributed by atoms with Gasteiger partial charge < -0.3 is 20.5 Å². The molecule has 0 spiro atoms. The molecular formula is C18H17N3O3S2. The molecule has 134 valence electrons. The molecule has 0 unspecified atom stereocenters. The predicted molar refractivity (Wildman–Crippen MR) is 107 cm³/mol. The van der Waals surface area contributed by atoms with Crippen LogP contribution in [0.15, 0.2) is 48.7 Å². The highest BCUT2D eigenvalue weighted by atomic mass is 32.1. The first-order chi connectivity index (χ1) is 12.5. The number of benzene rings is 2. The van der Waals surface area contributed by atoms with E-state index in [1.165, 1.54) is 11.5 Å². The van der Waals surface area contributed by atoms with Gasteiger partial charge in [0.05, 0.1) is 24.3 Å². The first-order valence-electron chi connectivity index (χ1n) is 7.83. The Labute approximate surface area is 160 Å². The van der Waals surface area contributed by atoms with Crippen molar-refractivity contribution in [2.45, 2.75) is 12.5 Å². The Bertz CT molecular complexity index is 942. The third-order valence-electron chi connectivity index (χ3n) is 3.79. The number of ether oxygens (including phenoxy) is 1. The van der Waals surface area contributed by atoms with Gasteiger partial charge in [-0.25, -0.2) is 0 Å². The molecule has 26 heavy (non-hydrogen) atoms. The van der Waals surface area contributed by atoms with E-state index >= 15 is 0 Å². The molecule has 3 aromatic rings. The molecule has 0 aliphatic heterocycles. The van der Waals surface area contributed by atoms with Gasteiger partial charge in [-0.1, -0.05) is 12.1 Å². The van der Waals surface area contributed by atoms with Crippen molar-refractivity contribution < 1.29 is 14.6 Å². The Balaban J connectivity index is 1.74. The van der Waals surface area contributed by atoms with Crippen LogP contribution in [0, 0.1) is 0 Å². The fourth-order valence-corrected chi connectivity index (χ4v) is 3.45. The summed E-state index contributed by atoms with van der Waals surface area (Å²) >= 11 is 6.80. The maximum absolute atomic E-state index is 11.3. The second-order valence-corrected chi connectivity index (χ2v) is 6.85. The van der Waals surface area contributed by atoms with Gasteiger partial charge in [0.1, 0.15) is 5.75 Å². The minimum absolute atomic E-state index is 0.109. The number of rotatable bonds is 6. The number of nitrogens with zero attached hydrogens (tertiary/aromatic N) is 1. The minimum atomic E-state index is -0.918. The number of thiocarbonyl (C=S) groups is 1. The van der Waals surface area contributed by atoms with Gasteiger partial charge in [-0.15, -0.1) is 0 Å². The van der Waals surface area contributed by atoms with Crippen molar-refractivity contribution in [3.63, 3.8) is 0 Å². The van der Waals surface area contributed by atoms with Crippen molar-refractivity contribution in [1.29, 1.82) is 0 Å². The molecule has 3 rings (SSSR count). The van der Waals surface area contributed by atoms with E-state index in [2.05, 4.69) is 15.0 Å². The molecule has 0 saturated heterocycles. The van der Waals surface area contributed by atoms with Crippen molar-refractivity contribution in [3.8, 4) is 5.75 Å². The van der Waals surface area contributed by atoms with Crippen LogP contribution in [0.5, 0.6) is 5.75 Å². The van der Waals surface area contributed by atoms with Crippen LogP contribution < -0.4 is 15.4 Å². The summed E-state index contributed by atoms with van der Waals surface area (Å²) < 4.78 is 10.5. The summed E-state index contributed by atoms with van der Waals surface area (Å²) in [6, 6.07) is 12.6. The predicted octanol–water partition coefficient (Wildman–Crippen LogP) is 3.81. The van der Waals surface area contributed by atoms with Crippen LogP contribution in [0.1, 0.15) is 18.0 Å². The van der Waals surface area contributed by atoms with Crippen LogP contribution in [-0.2, 0) is 4.79 Å². The van der Waals surface area contributed by atoms with E-state index in [1.807, 2.05) is 36.4 Å². The lowest BCUT2D eigenvalue weighted by Gasteiger charge is -2.20. The average Bonchev–Trinajstić information content (AvgIpc) is 3.08. The van der Waals surface area contributed by atoms with Crippen molar-refractivity contribution in [2.24, 2.45) is 0 Å². The van der Waals surface area contributed by atoms with Gasteiger partial charge in [0, 0.05) is 17.3 Å². The van der Waals surface area contributed by atoms with Gasteiger partial charge in [-0.2, -0.15) is 4.37 Å². The molecule has 1 aromatic heterocycles. The molecule has 0 radical (unpaired) electrons. The topological polar surface area (TPSA) is 83.5 Å². The van der Waals surface area contributed by atoms with E-state index < -0.39 is 12.0 Å². The highest BCUT2D eigenvalue weighted by Gasteiger charge is 2.17. The van der Waals surface area contributed by atoms with E-state index in [1.54, 1.807) is 19.4 Å². The molecule has 0 saturated carbocycles. The van der Waals surface area contributed by atoms with Crippen LogP contribution in [0.25, 0.3) is 10.1 Å². The second-order valence-electron chi connectivity index (χ2n) is 5.60. The second kappa shape index (κ2) is 8.11. The average molecular weight is 387 g/mol. The monoisotopic (exact) mass is 387 g/mol. The number of aromatic nitrogens is 1. The minimum Gasteiger partial charge on any atom is -0.497 e. The third kappa shape index (κ3) is 4.47. The summed E-state index contributed by atoms with van der Waals surface area (Å²) in [4.78, 5) is 11.3. The smallest absolute Gasteiger partial charge is 0.305 e. The largest absolute Gasteiger partial charge is 0.497 e. The summed E-state index contributed by atoms with van der Waals surface area (Å²) in [5.41, 5.74) is 1.60. The van der Waals surface area contributed by atoms with E-state index in [9.17, 15) is 9.90 Å². The standard InChI is InChI=1S/C18H17N3O3S2/c1-24-14-4-2-3-11(8-14)15(9-17(22)23)21-18(25)20-13-5-6-16-12(7-13)10-19-26-16/h2-8,10,15H,9H2,1H3,(H,22,23)(H2,20,21,25)/t15-/m1/s1. The van der Waals surface area contributed by atoms with Gasteiger partial charge in [0.15, 0.2) is 5.11 Å². The Morgan fingerprint density at radius 3 is 2.96 bits per heavy atom. The summed E-state index contributed by atoms with van der Waals surface area (Å²) in [7, 11) is 1.57. The van der Waals surface area contributed by atoms with Crippen molar-refractivity contribution in [1.82, 2.24) is 9.69 Å². The maximum Gasteiger partial charge on any atom is 0.305 e. The molecule has 2 aromatic carbocycles. The van der Waals surface area contributed by atoms with Crippen LogP contribution in [0.2, 0.25) is 0 Å². The Hall–Kier alpha value is -2.71. The Morgan fingerprint density at radius 1 is 1.35 bits per heavy atom. The number of anilines is 1. The zero-order valence-corrected chi connectivity index (χ0v) is 15.6. The van der Waals surface area contributed by atoms with E-state index in [0.717, 1.165) is 21.3 Å². The molecular weight excluding hydrogens is 370 g/mol. The van der Waals surface area contributed by atoms with E-state index in [-0.39, 0.29) is 6.42 Å². The van der Waals surface area contributed by atoms with Crippen LogP contribution in [-0.4, -0.2) is 27.7 Å². The number of aliphatic carboxylic acids is 1. The zero-order valence-electron chi connectivity index (χ0n) is 13.9. The third-order valence-corrected chi connectivity index (χ3v) is 4.79. The van der Waals surface area contributed by atoms with E-state index in [0.29, 0.717) is 10.9 Å². The van der Waals surface area contributed by atoms with Gasteiger partial charge in [0.2, 0.25) is 0 Å². The molecule has 3 N–H and O–H groups in total. The van der Waals surface area contributed by atoms with Gasteiger partial charge in [0.25, 0.3) is 0 Å². The number of hydrogen-bond donors (Lipinski definition) is 3. The lowest BCUT2D eigenvalue weighted by Crippen LogP contribution is -2.33. The number of nitrogens with one attached hydrogen (secondary N) is 2. The van der Waals surface area contributed by atoms with E-state index in [4.69, 9.17) is 17.0 Å².